The fourth-order valence-corrected chi connectivity index (χ4v) is 5.88. The second-order valence-electron chi connectivity index (χ2n) is 15.7. The SMILES string of the molecule is CC(C)(C)C(=O)N[C@H]1CCN(C(=O)[C@H]2CCN(C(C)(C)C)C2)C1.CC1CCC(C)CC1.Fc1cccc(F)c1.O=CN1CCOCC1. The molecule has 1 N–H and O–H groups in total. The molecule has 3 aliphatic heterocycles. The van der Waals surface area contributed by atoms with E-state index < -0.39 is 11.6 Å². The zero-order valence-electron chi connectivity index (χ0n) is 30.3. The predicted octanol–water partition coefficient (Wildman–Crippen LogP) is 6.14. The lowest BCUT2D eigenvalue weighted by atomic mass is 9.84. The van der Waals surface area contributed by atoms with Gasteiger partial charge in [0.15, 0.2) is 0 Å². The van der Waals surface area contributed by atoms with Gasteiger partial charge in [0.05, 0.1) is 19.1 Å². The van der Waals surface area contributed by atoms with Crippen molar-refractivity contribution in [1.82, 2.24) is 20.0 Å². The summed E-state index contributed by atoms with van der Waals surface area (Å²) in [6.07, 6.45) is 8.57. The van der Waals surface area contributed by atoms with E-state index in [0.29, 0.717) is 19.8 Å². The van der Waals surface area contributed by atoms with E-state index in [1.54, 1.807) is 4.90 Å². The van der Waals surface area contributed by atoms with Crippen LogP contribution in [0.5, 0.6) is 0 Å². The van der Waals surface area contributed by atoms with Gasteiger partial charge in [-0.3, -0.25) is 19.3 Å². The molecule has 5 rings (SSSR count). The maximum absolute atomic E-state index is 12.7. The zero-order chi connectivity index (χ0) is 35.2. The lowest BCUT2D eigenvalue weighted by Gasteiger charge is -2.32. The highest BCUT2D eigenvalue weighted by Crippen LogP contribution is 2.28. The molecule has 3 heterocycles. The van der Waals surface area contributed by atoms with Crippen molar-refractivity contribution in [3.05, 3.63) is 35.9 Å². The summed E-state index contributed by atoms with van der Waals surface area (Å²) in [5.74, 6) is 1.42. The molecule has 268 valence electrons. The molecule has 3 saturated heterocycles. The number of amides is 3. The average Bonchev–Trinajstić information content (AvgIpc) is 3.70. The molecule has 0 bridgehead atoms. The molecule has 0 spiro atoms. The molecule has 3 amide bonds. The minimum atomic E-state index is -0.537. The number of ether oxygens (including phenoxy) is 1. The Morgan fingerprint density at radius 2 is 1.38 bits per heavy atom. The van der Waals surface area contributed by atoms with Gasteiger partial charge in [-0.15, -0.1) is 0 Å². The van der Waals surface area contributed by atoms with Crippen LogP contribution in [0.2, 0.25) is 0 Å². The number of rotatable bonds is 3. The molecule has 0 unspecified atom stereocenters. The second kappa shape index (κ2) is 19.4. The average molecular weight is 665 g/mol. The number of halogens is 2. The van der Waals surface area contributed by atoms with E-state index in [0.717, 1.165) is 69.9 Å². The van der Waals surface area contributed by atoms with Gasteiger partial charge in [-0.25, -0.2) is 8.78 Å². The normalized spacial score (nSPS) is 24.9. The van der Waals surface area contributed by atoms with Crippen molar-refractivity contribution in [1.29, 1.82) is 0 Å². The van der Waals surface area contributed by atoms with E-state index in [1.165, 1.54) is 43.9 Å². The molecule has 2 atom stereocenters. The van der Waals surface area contributed by atoms with Gasteiger partial charge < -0.3 is 19.9 Å². The Hall–Kier alpha value is -2.59. The Morgan fingerprint density at radius 3 is 1.79 bits per heavy atom. The molecule has 1 aromatic carbocycles. The third kappa shape index (κ3) is 15.5. The molecule has 0 radical (unpaired) electrons. The molecule has 1 aromatic rings. The predicted molar refractivity (Wildman–Crippen MR) is 184 cm³/mol. The highest BCUT2D eigenvalue weighted by atomic mass is 19.1. The number of likely N-dealkylation sites (tertiary alicyclic amines) is 2. The standard InChI is InChI=1S/C18H33N3O2.C8H16.C6H4F2.C5H9NO2/c1-17(2,3)16(23)19-14-8-9-20(12-14)15(22)13-7-10-21(11-13)18(4,5)6;1-7-3-5-8(2)6-4-7;7-5-2-1-3-6(8)4-5;7-5-6-1-3-8-4-2-6/h13-14H,7-12H2,1-6H3,(H,19,23);7-8H,3-6H2,1-2H3;1-4H;5H,1-4H2/t13-,14-;;;/m0.../s1. The number of carbonyl (C=O) groups excluding carboxylic acids is 3. The Bertz CT molecular complexity index is 1070. The number of hydrogen-bond donors (Lipinski definition) is 1. The first-order valence-electron chi connectivity index (χ1n) is 17.5. The summed E-state index contributed by atoms with van der Waals surface area (Å²) in [6, 6.07) is 4.65. The van der Waals surface area contributed by atoms with Crippen LogP contribution in [0, 0.1) is 34.8 Å². The Labute approximate surface area is 282 Å². The fraction of sp³-hybridized carbons (Fsp3) is 0.757. The van der Waals surface area contributed by atoms with E-state index in [2.05, 4.69) is 44.8 Å². The van der Waals surface area contributed by atoms with Crippen LogP contribution < -0.4 is 5.32 Å². The van der Waals surface area contributed by atoms with Crippen LogP contribution in [0.3, 0.4) is 0 Å². The molecule has 4 fully saturated rings. The first kappa shape index (κ1) is 40.6. The molecule has 0 aromatic heterocycles. The first-order chi connectivity index (χ1) is 22.0. The summed E-state index contributed by atoms with van der Waals surface area (Å²) in [5.41, 5.74) is -0.251. The summed E-state index contributed by atoms with van der Waals surface area (Å²) in [6.45, 7) is 23.3. The molecule has 1 aliphatic carbocycles. The lowest BCUT2D eigenvalue weighted by Crippen LogP contribution is -2.44. The molecular weight excluding hydrogens is 602 g/mol. The van der Waals surface area contributed by atoms with Crippen LogP contribution in [0.4, 0.5) is 8.78 Å². The van der Waals surface area contributed by atoms with Gasteiger partial charge in [-0.1, -0.05) is 66.4 Å². The minimum absolute atomic E-state index is 0.0663. The van der Waals surface area contributed by atoms with Crippen LogP contribution in [0.25, 0.3) is 0 Å². The maximum Gasteiger partial charge on any atom is 0.227 e. The maximum atomic E-state index is 12.7. The highest BCUT2D eigenvalue weighted by Gasteiger charge is 2.38. The molecule has 8 nitrogen and oxygen atoms in total. The van der Waals surface area contributed by atoms with Gasteiger partial charge in [-0.2, -0.15) is 0 Å². The third-order valence-corrected chi connectivity index (χ3v) is 9.29. The summed E-state index contributed by atoms with van der Waals surface area (Å²) in [4.78, 5) is 40.9. The second-order valence-corrected chi connectivity index (χ2v) is 15.7. The number of hydrogen-bond acceptors (Lipinski definition) is 5. The van der Waals surface area contributed by atoms with Crippen molar-refractivity contribution in [3.63, 3.8) is 0 Å². The van der Waals surface area contributed by atoms with Gasteiger partial charge >= 0.3 is 0 Å². The number of nitrogens with one attached hydrogen (secondary N) is 1. The van der Waals surface area contributed by atoms with Gasteiger partial charge in [-0.05, 0) is 64.1 Å². The van der Waals surface area contributed by atoms with E-state index in [1.807, 2.05) is 25.7 Å². The van der Waals surface area contributed by atoms with Crippen molar-refractivity contribution >= 4 is 18.2 Å². The molecule has 4 aliphatic rings. The van der Waals surface area contributed by atoms with Gasteiger partial charge in [0.1, 0.15) is 11.6 Å². The van der Waals surface area contributed by atoms with Crippen LogP contribution >= 0.6 is 0 Å². The monoisotopic (exact) mass is 664 g/mol. The zero-order valence-corrected chi connectivity index (χ0v) is 30.3. The van der Waals surface area contributed by atoms with Gasteiger partial charge in [0.2, 0.25) is 18.2 Å². The number of nitrogens with zero attached hydrogens (tertiary/aromatic N) is 3. The van der Waals surface area contributed by atoms with E-state index in [4.69, 9.17) is 4.74 Å². The largest absolute Gasteiger partial charge is 0.378 e. The summed E-state index contributed by atoms with van der Waals surface area (Å²) < 4.78 is 28.9. The number of carbonyl (C=O) groups is 3. The Morgan fingerprint density at radius 1 is 0.830 bits per heavy atom. The summed E-state index contributed by atoms with van der Waals surface area (Å²) >= 11 is 0. The lowest BCUT2D eigenvalue weighted by molar-refractivity contribution is -0.134. The highest BCUT2D eigenvalue weighted by molar-refractivity contribution is 5.82. The fourth-order valence-electron chi connectivity index (χ4n) is 5.88. The molecule has 47 heavy (non-hydrogen) atoms. The quantitative estimate of drug-likeness (QED) is 0.393. The topological polar surface area (TPSA) is 82.2 Å². The van der Waals surface area contributed by atoms with Crippen LogP contribution in [-0.2, 0) is 19.1 Å². The minimum Gasteiger partial charge on any atom is -0.378 e. The number of benzene rings is 1. The summed E-state index contributed by atoms with van der Waals surface area (Å²) in [7, 11) is 0. The number of morpholine rings is 1. The molecule has 1 saturated carbocycles. The van der Waals surface area contributed by atoms with Crippen LogP contribution in [-0.4, -0.2) is 97.0 Å². The Balaban J connectivity index is 0.000000258. The van der Waals surface area contributed by atoms with Crippen LogP contribution in [0.1, 0.15) is 93.9 Å². The Kier molecular flexibility index (Phi) is 16.8. The van der Waals surface area contributed by atoms with E-state index in [-0.39, 0.29) is 34.7 Å². The smallest absolute Gasteiger partial charge is 0.227 e. The van der Waals surface area contributed by atoms with E-state index >= 15 is 0 Å². The molecular formula is C37H62F2N4O4. The van der Waals surface area contributed by atoms with Crippen molar-refractivity contribution in [2.75, 3.05) is 52.5 Å². The van der Waals surface area contributed by atoms with E-state index in [9.17, 15) is 23.2 Å². The first-order valence-corrected chi connectivity index (χ1v) is 17.5. The van der Waals surface area contributed by atoms with Crippen molar-refractivity contribution in [2.45, 2.75) is 105 Å². The van der Waals surface area contributed by atoms with Crippen molar-refractivity contribution in [2.24, 2.45) is 23.2 Å². The van der Waals surface area contributed by atoms with Crippen LogP contribution in [0.15, 0.2) is 24.3 Å². The summed E-state index contributed by atoms with van der Waals surface area (Å²) in [5, 5.41) is 3.08. The molecule has 10 heteroatoms. The van der Waals surface area contributed by atoms with Crippen molar-refractivity contribution in [3.8, 4) is 0 Å². The third-order valence-electron chi connectivity index (χ3n) is 9.29. The van der Waals surface area contributed by atoms with Gasteiger partial charge in [0, 0.05) is 55.8 Å². The van der Waals surface area contributed by atoms with Gasteiger partial charge in [0.25, 0.3) is 0 Å². The van der Waals surface area contributed by atoms with Crippen molar-refractivity contribution < 1.29 is 27.9 Å².